The Labute approximate surface area is 203 Å². The van der Waals surface area contributed by atoms with E-state index in [9.17, 15) is 14.4 Å². The first-order valence-corrected chi connectivity index (χ1v) is 11.2. The number of halogens is 1. The van der Waals surface area contributed by atoms with Gasteiger partial charge in [-0.15, -0.1) is 0 Å². The number of nitrogens with zero attached hydrogens (tertiary/aromatic N) is 2. The molecule has 2 aromatic carbocycles. The van der Waals surface area contributed by atoms with Crippen molar-refractivity contribution in [3.8, 4) is 5.69 Å². The van der Waals surface area contributed by atoms with Gasteiger partial charge in [0, 0.05) is 23.6 Å². The lowest BCUT2D eigenvalue weighted by atomic mass is 10.2. The predicted molar refractivity (Wildman–Crippen MR) is 130 cm³/mol. The van der Waals surface area contributed by atoms with Crippen LogP contribution in [0.1, 0.15) is 40.2 Å². The molecule has 1 aromatic heterocycles. The monoisotopic (exact) mass is 482 g/mol. The number of nitrogens with one attached hydrogen (secondary N) is 2. The van der Waals surface area contributed by atoms with Gasteiger partial charge >= 0.3 is 5.97 Å². The first-order valence-electron chi connectivity index (χ1n) is 10.9. The number of ether oxygens (including phenoxy) is 1. The maximum atomic E-state index is 12.3. The van der Waals surface area contributed by atoms with Gasteiger partial charge in [-0.05, 0) is 63.6 Å². The van der Waals surface area contributed by atoms with E-state index >= 15 is 0 Å². The molecule has 2 amide bonds. The van der Waals surface area contributed by atoms with E-state index < -0.39 is 18.5 Å². The van der Waals surface area contributed by atoms with E-state index in [2.05, 4.69) is 15.7 Å². The third-order valence-corrected chi connectivity index (χ3v) is 5.40. The van der Waals surface area contributed by atoms with Crippen LogP contribution in [-0.4, -0.2) is 40.7 Å². The molecule has 8 nitrogen and oxygen atoms in total. The number of hydrogen-bond donors (Lipinski definition) is 2. The van der Waals surface area contributed by atoms with E-state index in [0.29, 0.717) is 34.9 Å². The standard InChI is InChI=1S/C25H27ClN4O4/c1-16-6-12-21(13-7-16)30-18(3)24(17(2)29-30)28-22(31)15-34-23(32)5-4-14-27-25(33)19-8-10-20(26)11-9-19/h6-13H,4-5,14-15H2,1-3H3,(H,27,33)(H,28,31). The lowest BCUT2D eigenvalue weighted by Crippen LogP contribution is -2.25. The van der Waals surface area contributed by atoms with Crippen LogP contribution >= 0.6 is 11.6 Å². The van der Waals surface area contributed by atoms with Crippen molar-refractivity contribution < 1.29 is 19.1 Å². The average Bonchev–Trinajstić information content (AvgIpc) is 3.09. The number of anilines is 1. The zero-order valence-electron chi connectivity index (χ0n) is 19.4. The van der Waals surface area contributed by atoms with Crippen LogP contribution in [0.25, 0.3) is 5.69 Å². The molecule has 0 radical (unpaired) electrons. The largest absolute Gasteiger partial charge is 0.456 e. The smallest absolute Gasteiger partial charge is 0.306 e. The fourth-order valence-electron chi connectivity index (χ4n) is 3.29. The second-order valence-electron chi connectivity index (χ2n) is 7.87. The molecule has 34 heavy (non-hydrogen) atoms. The summed E-state index contributed by atoms with van der Waals surface area (Å²) in [6.07, 6.45) is 0.471. The molecular weight excluding hydrogens is 456 g/mol. The van der Waals surface area contributed by atoms with Gasteiger partial charge in [0.1, 0.15) is 0 Å². The van der Waals surface area contributed by atoms with Gasteiger partial charge in [0.15, 0.2) is 6.61 Å². The van der Waals surface area contributed by atoms with Crippen LogP contribution in [0.5, 0.6) is 0 Å². The van der Waals surface area contributed by atoms with Gasteiger partial charge in [-0.25, -0.2) is 4.68 Å². The highest BCUT2D eigenvalue weighted by atomic mass is 35.5. The molecule has 0 spiro atoms. The maximum absolute atomic E-state index is 12.3. The van der Waals surface area contributed by atoms with Crippen molar-refractivity contribution in [3.63, 3.8) is 0 Å². The number of carbonyl (C=O) groups is 3. The van der Waals surface area contributed by atoms with E-state index in [-0.39, 0.29) is 12.3 Å². The van der Waals surface area contributed by atoms with Crippen LogP contribution in [0.2, 0.25) is 5.02 Å². The minimum Gasteiger partial charge on any atom is -0.456 e. The van der Waals surface area contributed by atoms with Crippen LogP contribution in [-0.2, 0) is 14.3 Å². The van der Waals surface area contributed by atoms with E-state index in [1.54, 1.807) is 35.9 Å². The van der Waals surface area contributed by atoms with Gasteiger partial charge < -0.3 is 15.4 Å². The number of benzene rings is 2. The van der Waals surface area contributed by atoms with Gasteiger partial charge in [-0.2, -0.15) is 5.10 Å². The first-order chi connectivity index (χ1) is 16.2. The molecule has 0 fully saturated rings. The lowest BCUT2D eigenvalue weighted by Gasteiger charge is -2.08. The Hall–Kier alpha value is -3.65. The summed E-state index contributed by atoms with van der Waals surface area (Å²) in [4.78, 5) is 36.3. The summed E-state index contributed by atoms with van der Waals surface area (Å²) in [6, 6.07) is 14.4. The van der Waals surface area contributed by atoms with Gasteiger partial charge in [0.25, 0.3) is 11.8 Å². The van der Waals surface area contributed by atoms with E-state index in [1.807, 2.05) is 38.1 Å². The minimum absolute atomic E-state index is 0.0809. The number of rotatable bonds is 9. The third-order valence-electron chi connectivity index (χ3n) is 5.15. The second-order valence-corrected chi connectivity index (χ2v) is 8.30. The number of esters is 1. The Bertz CT molecular complexity index is 1170. The molecule has 178 valence electrons. The topological polar surface area (TPSA) is 102 Å². The maximum Gasteiger partial charge on any atom is 0.306 e. The van der Waals surface area contributed by atoms with Gasteiger partial charge in [-0.1, -0.05) is 29.3 Å². The number of amides is 2. The molecule has 0 bridgehead atoms. The highest BCUT2D eigenvalue weighted by Crippen LogP contribution is 2.23. The molecule has 0 aliphatic rings. The predicted octanol–water partition coefficient (Wildman–Crippen LogP) is 4.14. The molecule has 1 heterocycles. The van der Waals surface area contributed by atoms with Crippen LogP contribution in [0.4, 0.5) is 5.69 Å². The van der Waals surface area contributed by atoms with Crippen molar-refractivity contribution >= 4 is 35.1 Å². The molecule has 3 rings (SSSR count). The molecule has 3 aromatic rings. The molecule has 0 atom stereocenters. The van der Waals surface area contributed by atoms with Crippen molar-refractivity contribution in [1.82, 2.24) is 15.1 Å². The van der Waals surface area contributed by atoms with Gasteiger partial charge in [0.05, 0.1) is 22.8 Å². The van der Waals surface area contributed by atoms with Crippen LogP contribution < -0.4 is 10.6 Å². The summed E-state index contributed by atoms with van der Waals surface area (Å²) in [5.41, 5.74) is 4.55. The number of aromatic nitrogens is 2. The number of aryl methyl sites for hydroxylation is 2. The van der Waals surface area contributed by atoms with Gasteiger partial charge in [-0.3, -0.25) is 14.4 Å². The van der Waals surface area contributed by atoms with Crippen molar-refractivity contribution in [1.29, 1.82) is 0 Å². The highest BCUT2D eigenvalue weighted by molar-refractivity contribution is 6.30. The quantitative estimate of drug-likeness (QED) is 0.352. The normalized spacial score (nSPS) is 10.6. The van der Waals surface area contributed by atoms with Crippen LogP contribution in [0.15, 0.2) is 48.5 Å². The molecule has 2 N–H and O–H groups in total. The zero-order chi connectivity index (χ0) is 24.7. The summed E-state index contributed by atoms with van der Waals surface area (Å²) in [7, 11) is 0. The summed E-state index contributed by atoms with van der Waals surface area (Å²) >= 11 is 5.81. The SMILES string of the molecule is Cc1ccc(-n2nc(C)c(NC(=O)COC(=O)CCCNC(=O)c3ccc(Cl)cc3)c2C)cc1. The van der Waals surface area contributed by atoms with Crippen LogP contribution in [0.3, 0.4) is 0 Å². The molecule has 0 saturated carbocycles. The van der Waals surface area contributed by atoms with Crippen molar-refractivity contribution in [3.05, 3.63) is 76.1 Å². The zero-order valence-corrected chi connectivity index (χ0v) is 20.1. The van der Waals surface area contributed by atoms with Crippen molar-refractivity contribution in [2.24, 2.45) is 0 Å². The summed E-state index contributed by atoms with van der Waals surface area (Å²) in [5, 5.41) is 10.5. The summed E-state index contributed by atoms with van der Waals surface area (Å²) in [6.45, 7) is 5.58. The van der Waals surface area contributed by atoms with Gasteiger partial charge in [0.2, 0.25) is 0 Å². The minimum atomic E-state index is -0.514. The molecule has 0 aliphatic carbocycles. The number of carbonyl (C=O) groups excluding carboxylic acids is 3. The lowest BCUT2D eigenvalue weighted by molar-refractivity contribution is -0.147. The van der Waals surface area contributed by atoms with E-state index in [4.69, 9.17) is 16.3 Å². The number of hydrogen-bond acceptors (Lipinski definition) is 5. The van der Waals surface area contributed by atoms with E-state index in [1.165, 1.54) is 0 Å². The Kier molecular flexibility index (Phi) is 8.43. The van der Waals surface area contributed by atoms with Crippen molar-refractivity contribution in [2.75, 3.05) is 18.5 Å². The Morgan fingerprint density at radius 2 is 1.68 bits per heavy atom. The Morgan fingerprint density at radius 3 is 2.35 bits per heavy atom. The Balaban J connectivity index is 1.41. The highest BCUT2D eigenvalue weighted by Gasteiger charge is 2.16. The Morgan fingerprint density at radius 1 is 1.00 bits per heavy atom. The fourth-order valence-corrected chi connectivity index (χ4v) is 3.42. The summed E-state index contributed by atoms with van der Waals surface area (Å²) in [5.74, 6) is -1.21. The molecule has 9 heteroatoms. The third kappa shape index (κ3) is 6.68. The van der Waals surface area contributed by atoms with Crippen molar-refractivity contribution in [2.45, 2.75) is 33.6 Å². The first kappa shape index (κ1) is 25.0. The molecular formula is C25H27ClN4O4. The average molecular weight is 483 g/mol. The van der Waals surface area contributed by atoms with E-state index in [0.717, 1.165) is 16.9 Å². The molecule has 0 saturated heterocycles. The fraction of sp³-hybridized carbons (Fsp3) is 0.280. The van der Waals surface area contributed by atoms with Crippen LogP contribution in [0, 0.1) is 20.8 Å². The molecule has 0 aliphatic heterocycles. The second kappa shape index (κ2) is 11.5. The molecule has 0 unspecified atom stereocenters. The summed E-state index contributed by atoms with van der Waals surface area (Å²) < 4.78 is 6.82.